The van der Waals surface area contributed by atoms with Crippen molar-refractivity contribution in [3.63, 3.8) is 0 Å². The van der Waals surface area contributed by atoms with Crippen molar-refractivity contribution in [2.45, 2.75) is 19.4 Å². The Morgan fingerprint density at radius 2 is 2.10 bits per heavy atom. The summed E-state index contributed by atoms with van der Waals surface area (Å²) in [7, 11) is 1.62. The second kappa shape index (κ2) is 6.61. The molecular formula is C15H15F2NOS. The number of halogens is 2. The number of thiophene rings is 1. The second-order valence-corrected chi connectivity index (χ2v) is 5.40. The third kappa shape index (κ3) is 3.87. The minimum atomic E-state index is -0.623. The smallest absolute Gasteiger partial charge is 0.222 e. The van der Waals surface area contributed by atoms with Gasteiger partial charge in [-0.1, -0.05) is 6.07 Å². The van der Waals surface area contributed by atoms with Gasteiger partial charge in [-0.25, -0.2) is 8.78 Å². The van der Waals surface area contributed by atoms with Crippen LogP contribution >= 0.6 is 11.3 Å². The van der Waals surface area contributed by atoms with Crippen LogP contribution in [0.5, 0.6) is 0 Å². The number of amides is 1. The zero-order chi connectivity index (χ0) is 14.5. The summed E-state index contributed by atoms with van der Waals surface area (Å²) >= 11 is 1.60. The average molecular weight is 295 g/mol. The minimum absolute atomic E-state index is 0.0556. The van der Waals surface area contributed by atoms with Crippen molar-refractivity contribution in [1.29, 1.82) is 0 Å². The molecule has 0 aliphatic heterocycles. The van der Waals surface area contributed by atoms with Gasteiger partial charge in [0.25, 0.3) is 0 Å². The zero-order valence-corrected chi connectivity index (χ0v) is 11.9. The molecule has 20 heavy (non-hydrogen) atoms. The summed E-state index contributed by atoms with van der Waals surface area (Å²) in [6, 6.07) is 5.38. The SMILES string of the molecule is CN(Cc1ccc(F)cc1F)C(=O)CCc1ccsc1. The van der Waals surface area contributed by atoms with Crippen LogP contribution in [0.15, 0.2) is 35.0 Å². The molecule has 0 bridgehead atoms. The number of carbonyl (C=O) groups is 1. The van der Waals surface area contributed by atoms with Gasteiger partial charge in [0.2, 0.25) is 5.91 Å². The van der Waals surface area contributed by atoms with Gasteiger partial charge in [0, 0.05) is 31.6 Å². The van der Waals surface area contributed by atoms with Gasteiger partial charge < -0.3 is 4.90 Å². The second-order valence-electron chi connectivity index (χ2n) is 4.62. The number of carbonyl (C=O) groups excluding carboxylic acids is 1. The topological polar surface area (TPSA) is 20.3 Å². The van der Waals surface area contributed by atoms with Gasteiger partial charge in [-0.05, 0) is 34.9 Å². The molecular weight excluding hydrogens is 280 g/mol. The fourth-order valence-electron chi connectivity index (χ4n) is 1.87. The van der Waals surface area contributed by atoms with Crippen LogP contribution in [0.4, 0.5) is 8.78 Å². The van der Waals surface area contributed by atoms with E-state index in [1.807, 2.05) is 16.8 Å². The molecule has 0 fully saturated rings. The normalized spacial score (nSPS) is 10.6. The van der Waals surface area contributed by atoms with Gasteiger partial charge >= 0.3 is 0 Å². The Bertz CT molecular complexity index is 584. The lowest BCUT2D eigenvalue weighted by atomic mass is 10.1. The maximum Gasteiger partial charge on any atom is 0.222 e. The molecule has 1 aromatic carbocycles. The predicted molar refractivity (Wildman–Crippen MR) is 75.5 cm³/mol. The van der Waals surface area contributed by atoms with Gasteiger partial charge in [-0.2, -0.15) is 11.3 Å². The first-order valence-corrected chi connectivity index (χ1v) is 7.19. The van der Waals surface area contributed by atoms with Crippen LogP contribution in [-0.4, -0.2) is 17.9 Å². The van der Waals surface area contributed by atoms with Crippen molar-refractivity contribution < 1.29 is 13.6 Å². The monoisotopic (exact) mass is 295 g/mol. The van der Waals surface area contributed by atoms with Crippen LogP contribution in [0.25, 0.3) is 0 Å². The Morgan fingerprint density at radius 3 is 2.75 bits per heavy atom. The molecule has 0 saturated carbocycles. The van der Waals surface area contributed by atoms with Crippen molar-refractivity contribution in [3.8, 4) is 0 Å². The molecule has 1 heterocycles. The third-order valence-electron chi connectivity index (χ3n) is 3.06. The minimum Gasteiger partial charge on any atom is -0.341 e. The summed E-state index contributed by atoms with van der Waals surface area (Å²) in [5, 5.41) is 3.98. The van der Waals surface area contributed by atoms with Crippen LogP contribution in [0.3, 0.4) is 0 Å². The molecule has 2 rings (SSSR count). The molecule has 0 unspecified atom stereocenters. The maximum absolute atomic E-state index is 13.5. The Balaban J connectivity index is 1.90. The van der Waals surface area contributed by atoms with Crippen LogP contribution in [0.1, 0.15) is 17.5 Å². The van der Waals surface area contributed by atoms with E-state index in [1.54, 1.807) is 18.4 Å². The molecule has 0 saturated heterocycles. The Morgan fingerprint density at radius 1 is 1.30 bits per heavy atom. The van der Waals surface area contributed by atoms with Gasteiger partial charge in [0.15, 0.2) is 0 Å². The zero-order valence-electron chi connectivity index (χ0n) is 11.1. The largest absolute Gasteiger partial charge is 0.341 e. The van der Waals surface area contributed by atoms with E-state index >= 15 is 0 Å². The standard InChI is InChI=1S/C15H15F2NOS/c1-18(9-12-3-4-13(16)8-14(12)17)15(19)5-2-11-6-7-20-10-11/h3-4,6-8,10H,2,5,9H2,1H3. The molecule has 0 radical (unpaired) electrons. The molecule has 2 aromatic rings. The fraction of sp³-hybridized carbons (Fsp3) is 0.267. The highest BCUT2D eigenvalue weighted by Gasteiger charge is 2.12. The number of hydrogen-bond donors (Lipinski definition) is 0. The van der Waals surface area contributed by atoms with E-state index < -0.39 is 11.6 Å². The molecule has 0 spiro atoms. The molecule has 5 heteroatoms. The molecule has 0 atom stereocenters. The number of rotatable bonds is 5. The van der Waals surface area contributed by atoms with Crippen molar-refractivity contribution in [2.75, 3.05) is 7.05 Å². The van der Waals surface area contributed by atoms with Crippen LogP contribution in [-0.2, 0) is 17.8 Å². The van der Waals surface area contributed by atoms with E-state index in [1.165, 1.54) is 17.0 Å². The molecule has 0 aliphatic carbocycles. The van der Waals surface area contributed by atoms with Crippen molar-refractivity contribution in [1.82, 2.24) is 4.90 Å². The van der Waals surface area contributed by atoms with E-state index in [2.05, 4.69) is 0 Å². The predicted octanol–water partition coefficient (Wildman–Crippen LogP) is 3.62. The van der Waals surface area contributed by atoms with Gasteiger partial charge in [-0.15, -0.1) is 0 Å². The summed E-state index contributed by atoms with van der Waals surface area (Å²) < 4.78 is 26.3. The van der Waals surface area contributed by atoms with Crippen LogP contribution < -0.4 is 0 Å². The first kappa shape index (κ1) is 14.7. The lowest BCUT2D eigenvalue weighted by Crippen LogP contribution is -2.26. The summed E-state index contributed by atoms with van der Waals surface area (Å²) in [4.78, 5) is 13.4. The summed E-state index contributed by atoms with van der Waals surface area (Å²) in [6.07, 6.45) is 1.06. The number of nitrogens with zero attached hydrogens (tertiary/aromatic N) is 1. The van der Waals surface area contributed by atoms with Crippen LogP contribution in [0.2, 0.25) is 0 Å². The van der Waals surface area contributed by atoms with Crippen LogP contribution in [0, 0.1) is 11.6 Å². The third-order valence-corrected chi connectivity index (χ3v) is 3.79. The number of benzene rings is 1. The maximum atomic E-state index is 13.5. The van der Waals surface area contributed by atoms with Gasteiger partial charge in [-0.3, -0.25) is 4.79 Å². The quantitative estimate of drug-likeness (QED) is 0.825. The Hall–Kier alpha value is -1.75. The van der Waals surface area contributed by atoms with E-state index in [4.69, 9.17) is 0 Å². The fourth-order valence-corrected chi connectivity index (χ4v) is 2.57. The highest BCUT2D eigenvalue weighted by molar-refractivity contribution is 7.07. The van der Waals surface area contributed by atoms with Crippen molar-refractivity contribution in [3.05, 3.63) is 57.8 Å². The van der Waals surface area contributed by atoms with Crippen molar-refractivity contribution in [2.24, 2.45) is 0 Å². The molecule has 106 valence electrons. The molecule has 1 amide bonds. The van der Waals surface area contributed by atoms with Gasteiger partial charge in [0.1, 0.15) is 11.6 Å². The molecule has 2 nitrogen and oxygen atoms in total. The molecule has 0 N–H and O–H groups in total. The Kier molecular flexibility index (Phi) is 4.84. The first-order valence-electron chi connectivity index (χ1n) is 6.25. The Labute approximate surface area is 120 Å². The highest BCUT2D eigenvalue weighted by atomic mass is 32.1. The molecule has 1 aromatic heterocycles. The summed E-state index contributed by atoms with van der Waals surface area (Å²) in [5.41, 5.74) is 1.45. The average Bonchev–Trinajstić information content (AvgIpc) is 2.92. The van der Waals surface area contributed by atoms with E-state index in [9.17, 15) is 13.6 Å². The lowest BCUT2D eigenvalue weighted by molar-refractivity contribution is -0.130. The highest BCUT2D eigenvalue weighted by Crippen LogP contribution is 2.13. The van der Waals surface area contributed by atoms with E-state index in [0.717, 1.165) is 11.6 Å². The lowest BCUT2D eigenvalue weighted by Gasteiger charge is -2.17. The molecule has 0 aliphatic rings. The number of hydrogen-bond acceptors (Lipinski definition) is 2. The van der Waals surface area contributed by atoms with Gasteiger partial charge in [0.05, 0.1) is 0 Å². The first-order chi connectivity index (χ1) is 9.56. The van der Waals surface area contributed by atoms with E-state index in [-0.39, 0.29) is 12.5 Å². The van der Waals surface area contributed by atoms with Crippen molar-refractivity contribution >= 4 is 17.2 Å². The number of aryl methyl sites for hydroxylation is 1. The summed E-state index contributed by atoms with van der Waals surface area (Å²) in [6.45, 7) is 0.147. The summed E-state index contributed by atoms with van der Waals surface area (Å²) in [5.74, 6) is -1.29. The van der Waals surface area contributed by atoms with E-state index in [0.29, 0.717) is 18.4 Å².